The Morgan fingerprint density at radius 2 is 1.83 bits per heavy atom. The number of hydrogen-bond donors (Lipinski definition) is 0. The van der Waals surface area contributed by atoms with Gasteiger partial charge in [-0.15, -0.1) is 0 Å². The van der Waals surface area contributed by atoms with Crippen molar-refractivity contribution in [2.24, 2.45) is 0 Å². The molecule has 0 unspecified atom stereocenters. The molecule has 1 aromatic carbocycles. The van der Waals surface area contributed by atoms with Gasteiger partial charge in [0.15, 0.2) is 0 Å². The van der Waals surface area contributed by atoms with Crippen molar-refractivity contribution in [2.75, 3.05) is 39.8 Å². The van der Waals surface area contributed by atoms with Crippen LogP contribution in [0.3, 0.4) is 0 Å². The number of hydrogen-bond acceptors (Lipinski definition) is 3. The molecule has 4 nitrogen and oxygen atoms in total. The molecule has 0 N–H and O–H groups in total. The number of piperazine rings is 1. The first-order valence-electron chi connectivity index (χ1n) is 8.79. The second-order valence-electron chi connectivity index (χ2n) is 6.48. The molecule has 1 aromatic heterocycles. The SMILES string of the molecule is CCc1cccc(CCCN2CCN(C)CC2)c1-n1cccn1. The Balaban J connectivity index is 1.66. The van der Waals surface area contributed by atoms with Crippen LogP contribution in [-0.2, 0) is 12.8 Å². The molecule has 2 aromatic rings. The number of rotatable bonds is 6. The van der Waals surface area contributed by atoms with Crippen molar-refractivity contribution >= 4 is 0 Å². The molecule has 0 radical (unpaired) electrons. The number of aryl methyl sites for hydroxylation is 2. The highest BCUT2D eigenvalue weighted by atomic mass is 15.3. The fourth-order valence-electron chi connectivity index (χ4n) is 3.39. The normalized spacial score (nSPS) is 16.8. The van der Waals surface area contributed by atoms with Crippen molar-refractivity contribution in [1.29, 1.82) is 0 Å². The van der Waals surface area contributed by atoms with Crippen molar-refractivity contribution in [1.82, 2.24) is 19.6 Å². The Hall–Kier alpha value is -1.65. The summed E-state index contributed by atoms with van der Waals surface area (Å²) in [6.07, 6.45) is 7.29. The maximum atomic E-state index is 4.46. The molecule has 0 spiro atoms. The number of para-hydroxylation sites is 1. The molecule has 1 fully saturated rings. The Morgan fingerprint density at radius 1 is 1.04 bits per heavy atom. The van der Waals surface area contributed by atoms with Crippen LogP contribution in [0.4, 0.5) is 0 Å². The van der Waals surface area contributed by atoms with Crippen molar-refractivity contribution in [3.05, 3.63) is 47.8 Å². The van der Waals surface area contributed by atoms with Crippen LogP contribution in [0, 0.1) is 0 Å². The molecular weight excluding hydrogens is 284 g/mol. The van der Waals surface area contributed by atoms with E-state index in [9.17, 15) is 0 Å². The third-order valence-corrected chi connectivity index (χ3v) is 4.83. The summed E-state index contributed by atoms with van der Waals surface area (Å²) in [4.78, 5) is 5.01. The summed E-state index contributed by atoms with van der Waals surface area (Å²) < 4.78 is 2.03. The minimum atomic E-state index is 1.04. The maximum Gasteiger partial charge on any atom is 0.0709 e. The standard InChI is InChI=1S/C19H28N4/c1-3-17-7-4-8-18(19(17)23-12-6-10-20-23)9-5-11-22-15-13-21(2)14-16-22/h4,6-8,10,12H,3,5,9,11,13-16H2,1-2H3. The lowest BCUT2D eigenvalue weighted by Gasteiger charge is -2.32. The zero-order chi connectivity index (χ0) is 16.1. The van der Waals surface area contributed by atoms with Crippen molar-refractivity contribution in [3.63, 3.8) is 0 Å². The topological polar surface area (TPSA) is 24.3 Å². The minimum Gasteiger partial charge on any atom is -0.304 e. The van der Waals surface area contributed by atoms with E-state index in [1.54, 1.807) is 0 Å². The van der Waals surface area contributed by atoms with Crippen LogP contribution in [0.15, 0.2) is 36.7 Å². The van der Waals surface area contributed by atoms with Gasteiger partial charge in [0.05, 0.1) is 5.69 Å². The third-order valence-electron chi connectivity index (χ3n) is 4.83. The molecule has 0 atom stereocenters. The van der Waals surface area contributed by atoms with Crippen LogP contribution in [-0.4, -0.2) is 59.4 Å². The predicted molar refractivity (Wildman–Crippen MR) is 95.2 cm³/mol. The second kappa shape index (κ2) is 7.75. The van der Waals surface area contributed by atoms with E-state index < -0.39 is 0 Å². The maximum absolute atomic E-state index is 4.46. The number of aromatic nitrogens is 2. The fraction of sp³-hybridized carbons (Fsp3) is 0.526. The van der Waals surface area contributed by atoms with Crippen molar-refractivity contribution in [3.8, 4) is 5.69 Å². The molecule has 124 valence electrons. The lowest BCUT2D eigenvalue weighted by Crippen LogP contribution is -2.44. The molecule has 0 amide bonds. The van der Waals surface area contributed by atoms with Crippen molar-refractivity contribution < 1.29 is 0 Å². The highest BCUT2D eigenvalue weighted by Gasteiger charge is 2.14. The van der Waals surface area contributed by atoms with Crippen LogP contribution < -0.4 is 0 Å². The van der Waals surface area contributed by atoms with Gasteiger partial charge in [-0.1, -0.05) is 25.1 Å². The van der Waals surface area contributed by atoms with Gasteiger partial charge in [-0.2, -0.15) is 5.10 Å². The van der Waals surface area contributed by atoms with Gasteiger partial charge in [-0.3, -0.25) is 0 Å². The highest BCUT2D eigenvalue weighted by molar-refractivity contribution is 5.47. The van der Waals surface area contributed by atoms with Crippen molar-refractivity contribution in [2.45, 2.75) is 26.2 Å². The van der Waals surface area contributed by atoms with E-state index in [2.05, 4.69) is 53.3 Å². The summed E-state index contributed by atoms with van der Waals surface area (Å²) in [7, 11) is 2.21. The van der Waals surface area contributed by atoms with Gasteiger partial charge in [-0.25, -0.2) is 4.68 Å². The Labute approximate surface area is 139 Å². The average Bonchev–Trinajstić information content (AvgIpc) is 3.10. The van der Waals surface area contributed by atoms with Gasteiger partial charge in [0.25, 0.3) is 0 Å². The minimum absolute atomic E-state index is 1.04. The Morgan fingerprint density at radius 3 is 2.52 bits per heavy atom. The molecule has 23 heavy (non-hydrogen) atoms. The molecule has 1 aliphatic rings. The zero-order valence-electron chi connectivity index (χ0n) is 14.4. The monoisotopic (exact) mass is 312 g/mol. The molecule has 0 bridgehead atoms. The molecule has 1 aliphatic heterocycles. The van der Waals surface area contributed by atoms with E-state index in [0.29, 0.717) is 0 Å². The first-order chi connectivity index (χ1) is 11.3. The molecule has 0 saturated carbocycles. The first-order valence-corrected chi connectivity index (χ1v) is 8.79. The average molecular weight is 312 g/mol. The number of likely N-dealkylation sites (N-methyl/N-ethyl adjacent to an activating group) is 1. The van der Waals surface area contributed by atoms with Crippen LogP contribution in [0.1, 0.15) is 24.5 Å². The zero-order valence-corrected chi connectivity index (χ0v) is 14.4. The van der Waals surface area contributed by atoms with E-state index >= 15 is 0 Å². The van der Waals surface area contributed by atoms with Crippen LogP contribution in [0.25, 0.3) is 5.69 Å². The van der Waals surface area contributed by atoms with Gasteiger partial charge < -0.3 is 9.80 Å². The first kappa shape index (κ1) is 16.2. The van der Waals surface area contributed by atoms with Gasteiger partial charge in [-0.05, 0) is 50.0 Å². The number of benzene rings is 1. The summed E-state index contributed by atoms with van der Waals surface area (Å²) in [6.45, 7) is 8.22. The Bertz CT molecular complexity index is 598. The summed E-state index contributed by atoms with van der Waals surface area (Å²) in [5.74, 6) is 0. The Kier molecular flexibility index (Phi) is 5.47. The fourth-order valence-corrected chi connectivity index (χ4v) is 3.39. The lowest BCUT2D eigenvalue weighted by atomic mass is 10.0. The molecule has 4 heteroatoms. The number of nitrogens with zero attached hydrogens (tertiary/aromatic N) is 4. The smallest absolute Gasteiger partial charge is 0.0709 e. The largest absolute Gasteiger partial charge is 0.304 e. The van der Waals surface area contributed by atoms with Gasteiger partial charge in [0, 0.05) is 38.6 Å². The summed E-state index contributed by atoms with van der Waals surface area (Å²) in [5, 5.41) is 4.46. The summed E-state index contributed by atoms with van der Waals surface area (Å²) >= 11 is 0. The summed E-state index contributed by atoms with van der Waals surface area (Å²) in [5.41, 5.74) is 4.09. The van der Waals surface area contributed by atoms with E-state index in [1.165, 1.54) is 56.0 Å². The highest BCUT2D eigenvalue weighted by Crippen LogP contribution is 2.21. The molecule has 1 saturated heterocycles. The molecular formula is C19H28N4. The lowest BCUT2D eigenvalue weighted by molar-refractivity contribution is 0.153. The van der Waals surface area contributed by atoms with Gasteiger partial charge in [0.1, 0.15) is 0 Å². The predicted octanol–water partition coefficient (Wildman–Crippen LogP) is 2.61. The van der Waals surface area contributed by atoms with E-state index in [4.69, 9.17) is 0 Å². The van der Waals surface area contributed by atoms with E-state index in [0.717, 1.165) is 12.8 Å². The van der Waals surface area contributed by atoms with Gasteiger partial charge in [0.2, 0.25) is 0 Å². The van der Waals surface area contributed by atoms with Crippen LogP contribution in [0.5, 0.6) is 0 Å². The quantitative estimate of drug-likeness (QED) is 0.819. The molecule has 3 rings (SSSR count). The van der Waals surface area contributed by atoms with E-state index in [1.807, 2.05) is 16.9 Å². The van der Waals surface area contributed by atoms with Crippen LogP contribution >= 0.6 is 0 Å². The van der Waals surface area contributed by atoms with Crippen LogP contribution in [0.2, 0.25) is 0 Å². The summed E-state index contributed by atoms with van der Waals surface area (Å²) in [6, 6.07) is 8.68. The van der Waals surface area contributed by atoms with Gasteiger partial charge >= 0.3 is 0 Å². The molecule has 0 aliphatic carbocycles. The third kappa shape index (κ3) is 4.01. The van der Waals surface area contributed by atoms with E-state index in [-0.39, 0.29) is 0 Å². The second-order valence-corrected chi connectivity index (χ2v) is 6.48. The molecule has 2 heterocycles.